The molecule has 180 valence electrons. The number of hydrogen-bond acceptors (Lipinski definition) is 2. The van der Waals surface area contributed by atoms with Gasteiger partial charge < -0.3 is 4.74 Å². The van der Waals surface area contributed by atoms with E-state index in [1.807, 2.05) is 18.2 Å². The van der Waals surface area contributed by atoms with E-state index in [1.165, 1.54) is 82.4 Å². The van der Waals surface area contributed by atoms with Crippen LogP contribution in [-0.2, 0) is 6.42 Å². The molecule has 0 aromatic heterocycles. The molecule has 3 rings (SSSR count). The third kappa shape index (κ3) is 9.27. The van der Waals surface area contributed by atoms with E-state index in [4.69, 9.17) is 5.26 Å². The highest BCUT2D eigenvalue weighted by Gasteiger charge is 2.31. The van der Waals surface area contributed by atoms with Crippen LogP contribution in [0.1, 0.15) is 76.2 Å². The van der Waals surface area contributed by atoms with Crippen molar-refractivity contribution in [3.05, 3.63) is 54.1 Å². The molecule has 2 saturated carbocycles. The van der Waals surface area contributed by atoms with Gasteiger partial charge in [-0.15, -0.1) is 13.2 Å². The molecule has 0 heterocycles. The zero-order chi connectivity index (χ0) is 23.5. The predicted molar refractivity (Wildman–Crippen MR) is 125 cm³/mol. The molecule has 1 aromatic rings. The second-order valence-electron chi connectivity index (χ2n) is 9.77. The van der Waals surface area contributed by atoms with E-state index in [2.05, 4.69) is 10.8 Å². The second kappa shape index (κ2) is 12.9. The molecule has 5 heteroatoms. The van der Waals surface area contributed by atoms with E-state index in [-0.39, 0.29) is 5.75 Å². The van der Waals surface area contributed by atoms with Crippen LogP contribution in [0.25, 0.3) is 0 Å². The van der Waals surface area contributed by atoms with E-state index in [0.29, 0.717) is 5.92 Å². The number of rotatable bonds is 9. The van der Waals surface area contributed by atoms with Gasteiger partial charge in [0.25, 0.3) is 0 Å². The van der Waals surface area contributed by atoms with Crippen LogP contribution in [0.4, 0.5) is 13.2 Å². The molecule has 2 fully saturated rings. The molecule has 0 atom stereocenters. The molecule has 0 unspecified atom stereocenters. The lowest BCUT2D eigenvalue weighted by atomic mass is 9.68. The molecule has 0 N–H and O–H groups in total. The Morgan fingerprint density at radius 2 is 1.52 bits per heavy atom. The Morgan fingerprint density at radius 1 is 0.879 bits per heavy atom. The predicted octanol–water partition coefficient (Wildman–Crippen LogP) is 8.55. The number of ether oxygens (including phenoxy) is 1. The van der Waals surface area contributed by atoms with Crippen molar-refractivity contribution in [1.82, 2.24) is 0 Å². The number of benzene rings is 1. The average molecular weight is 460 g/mol. The van der Waals surface area contributed by atoms with Gasteiger partial charge in [-0.05, 0) is 92.7 Å². The van der Waals surface area contributed by atoms with Crippen molar-refractivity contribution in [2.24, 2.45) is 23.7 Å². The van der Waals surface area contributed by atoms with Crippen LogP contribution in [0.5, 0.6) is 5.75 Å². The first-order valence-electron chi connectivity index (χ1n) is 12.5. The topological polar surface area (TPSA) is 33.0 Å². The maximum absolute atomic E-state index is 12.2. The SMILES string of the molecule is N#C/C=C/C=C/C1CCC([C@H]2CC[C@H](CCCCc3ccc(OC(F)(F)F)cc3)CC2)CC1. The molecule has 33 heavy (non-hydrogen) atoms. The van der Waals surface area contributed by atoms with Crippen molar-refractivity contribution in [1.29, 1.82) is 5.26 Å². The third-order valence-electron chi connectivity index (χ3n) is 7.52. The minimum Gasteiger partial charge on any atom is -0.406 e. The van der Waals surface area contributed by atoms with Gasteiger partial charge in [0.2, 0.25) is 0 Å². The quantitative estimate of drug-likeness (QED) is 0.210. The number of alkyl halides is 3. The summed E-state index contributed by atoms with van der Waals surface area (Å²) >= 11 is 0. The molecule has 0 radical (unpaired) electrons. The summed E-state index contributed by atoms with van der Waals surface area (Å²) in [5.41, 5.74) is 1.07. The molecule has 0 bridgehead atoms. The molecule has 0 amide bonds. The Balaban J connectivity index is 1.27. The number of halogens is 3. The standard InChI is InChI=1S/C28H36F3NO/c29-28(30,31)33-27-19-13-24(14-20-27)8-4-3-7-23-11-17-26(18-12-23)25-15-9-22(10-16-25)6-2-1-5-21-32/h1-2,5-6,13-14,19-20,22-23,25-26H,3-4,7-12,15-18H2/b5-1+,6-2+/t22?,23-,25?,26-. The van der Waals surface area contributed by atoms with Gasteiger partial charge in [0.1, 0.15) is 5.75 Å². The normalized spacial score (nSPS) is 26.5. The fourth-order valence-electron chi connectivity index (χ4n) is 5.70. The van der Waals surface area contributed by atoms with Crippen molar-refractivity contribution >= 4 is 0 Å². The van der Waals surface area contributed by atoms with Crippen LogP contribution in [0.15, 0.2) is 48.6 Å². The van der Waals surface area contributed by atoms with Gasteiger partial charge in [0.15, 0.2) is 0 Å². The van der Waals surface area contributed by atoms with Gasteiger partial charge in [-0.1, -0.05) is 56.0 Å². The van der Waals surface area contributed by atoms with Crippen LogP contribution in [0, 0.1) is 35.0 Å². The van der Waals surface area contributed by atoms with Crippen LogP contribution in [0.2, 0.25) is 0 Å². The Bertz CT molecular complexity index is 790. The van der Waals surface area contributed by atoms with Gasteiger partial charge in [-0.25, -0.2) is 0 Å². The summed E-state index contributed by atoms with van der Waals surface area (Å²) in [6.07, 6.45) is 18.2. The Hall–Kier alpha value is -2.22. The van der Waals surface area contributed by atoms with Crippen molar-refractivity contribution in [3.8, 4) is 11.8 Å². The van der Waals surface area contributed by atoms with Gasteiger partial charge in [-0.2, -0.15) is 5.26 Å². The van der Waals surface area contributed by atoms with Crippen molar-refractivity contribution in [2.75, 3.05) is 0 Å². The Kier molecular flexibility index (Phi) is 9.91. The highest BCUT2D eigenvalue weighted by atomic mass is 19.4. The zero-order valence-electron chi connectivity index (χ0n) is 19.4. The average Bonchev–Trinajstić information content (AvgIpc) is 2.81. The number of nitriles is 1. The second-order valence-corrected chi connectivity index (χ2v) is 9.77. The van der Waals surface area contributed by atoms with E-state index >= 15 is 0 Å². The lowest BCUT2D eigenvalue weighted by molar-refractivity contribution is -0.274. The zero-order valence-corrected chi connectivity index (χ0v) is 19.4. The maximum atomic E-state index is 12.2. The molecule has 2 aliphatic rings. The first-order chi connectivity index (χ1) is 15.9. The number of aryl methyl sites for hydroxylation is 1. The van der Waals surface area contributed by atoms with E-state index in [1.54, 1.807) is 12.1 Å². The van der Waals surface area contributed by atoms with Gasteiger partial charge in [0, 0.05) is 6.08 Å². The van der Waals surface area contributed by atoms with Crippen LogP contribution in [0.3, 0.4) is 0 Å². The van der Waals surface area contributed by atoms with Crippen LogP contribution < -0.4 is 4.74 Å². The van der Waals surface area contributed by atoms with Crippen molar-refractivity contribution < 1.29 is 17.9 Å². The smallest absolute Gasteiger partial charge is 0.406 e. The van der Waals surface area contributed by atoms with Crippen LogP contribution in [-0.4, -0.2) is 6.36 Å². The number of hydrogen-bond donors (Lipinski definition) is 0. The third-order valence-corrected chi connectivity index (χ3v) is 7.52. The number of nitrogens with zero attached hydrogens (tertiary/aromatic N) is 1. The molecule has 0 aliphatic heterocycles. The highest BCUT2D eigenvalue weighted by Crippen LogP contribution is 2.42. The summed E-state index contributed by atoms with van der Waals surface area (Å²) in [7, 11) is 0. The van der Waals surface area contributed by atoms with Gasteiger partial charge in [-0.3, -0.25) is 0 Å². The van der Waals surface area contributed by atoms with Crippen LogP contribution >= 0.6 is 0 Å². The van der Waals surface area contributed by atoms with E-state index in [9.17, 15) is 13.2 Å². The maximum Gasteiger partial charge on any atom is 0.573 e. The lowest BCUT2D eigenvalue weighted by Gasteiger charge is -2.37. The Morgan fingerprint density at radius 3 is 2.12 bits per heavy atom. The fraction of sp³-hybridized carbons (Fsp3) is 0.607. The molecule has 1 aromatic carbocycles. The molecule has 2 nitrogen and oxygen atoms in total. The first-order valence-corrected chi connectivity index (χ1v) is 12.5. The summed E-state index contributed by atoms with van der Waals surface area (Å²) in [6.45, 7) is 0. The largest absolute Gasteiger partial charge is 0.573 e. The first kappa shape index (κ1) is 25.4. The van der Waals surface area contributed by atoms with E-state index < -0.39 is 6.36 Å². The lowest BCUT2D eigenvalue weighted by Crippen LogP contribution is -2.25. The van der Waals surface area contributed by atoms with Gasteiger partial charge >= 0.3 is 6.36 Å². The van der Waals surface area contributed by atoms with Gasteiger partial charge in [0.05, 0.1) is 6.07 Å². The minimum absolute atomic E-state index is 0.152. The minimum atomic E-state index is -4.63. The number of allylic oxidation sites excluding steroid dienone is 4. The molecule has 0 spiro atoms. The Labute approximate surface area is 196 Å². The van der Waals surface area contributed by atoms with Crippen molar-refractivity contribution in [2.45, 2.75) is 83.4 Å². The van der Waals surface area contributed by atoms with E-state index in [0.717, 1.165) is 36.2 Å². The molecule has 2 aliphatic carbocycles. The summed E-state index contributed by atoms with van der Waals surface area (Å²) in [5, 5.41) is 8.54. The highest BCUT2D eigenvalue weighted by molar-refractivity contribution is 5.27. The molecular weight excluding hydrogens is 423 g/mol. The summed E-state index contributed by atoms with van der Waals surface area (Å²) < 4.78 is 40.6. The van der Waals surface area contributed by atoms with Crippen molar-refractivity contribution in [3.63, 3.8) is 0 Å². The summed E-state index contributed by atoms with van der Waals surface area (Å²) in [5.74, 6) is 3.17. The summed E-state index contributed by atoms with van der Waals surface area (Å²) in [6, 6.07) is 8.30. The number of unbranched alkanes of at least 4 members (excludes halogenated alkanes) is 1. The molecular formula is C28H36F3NO. The monoisotopic (exact) mass is 459 g/mol. The molecule has 0 saturated heterocycles. The summed E-state index contributed by atoms with van der Waals surface area (Å²) in [4.78, 5) is 0. The fourth-order valence-corrected chi connectivity index (χ4v) is 5.70.